The molecule has 0 spiro atoms. The number of carbonyl (C=O) groups excluding carboxylic acids is 1. The second kappa shape index (κ2) is 11.6. The molecule has 1 amide bonds. The highest BCUT2D eigenvalue weighted by Gasteiger charge is 2.43. The number of anilines is 1. The van der Waals surface area contributed by atoms with Gasteiger partial charge in [-0.25, -0.2) is 4.79 Å². The Balaban J connectivity index is 1.84. The fraction of sp³-hybridized carbons (Fsp3) is 0.214. The van der Waals surface area contributed by atoms with Crippen LogP contribution in [0, 0.1) is 0 Å². The average molecular weight is 522 g/mol. The lowest BCUT2D eigenvalue weighted by molar-refractivity contribution is -0.139. The monoisotopic (exact) mass is 521 g/mol. The lowest BCUT2D eigenvalue weighted by Gasteiger charge is -2.27. The number of hydrogen-bond acceptors (Lipinski definition) is 6. The maximum Gasteiger partial charge on any atom is 0.347 e. The number of carboxylic acids is 1. The molecule has 0 aliphatic rings. The van der Waals surface area contributed by atoms with Crippen LogP contribution in [0.15, 0.2) is 78.9 Å². The van der Waals surface area contributed by atoms with Gasteiger partial charge in [-0.1, -0.05) is 72.8 Å². The first-order valence-electron chi connectivity index (χ1n) is 11.9. The van der Waals surface area contributed by atoms with Crippen molar-refractivity contribution in [2.75, 3.05) is 25.1 Å². The molecule has 0 saturated carbocycles. The first-order chi connectivity index (χ1) is 17.9. The third-order valence-electron chi connectivity index (χ3n) is 5.78. The Labute approximate surface area is 214 Å². The summed E-state index contributed by atoms with van der Waals surface area (Å²) in [5.41, 5.74) is -0.554. The molecule has 1 atom stereocenters. The molecule has 0 bridgehead atoms. The minimum Gasteiger partial charge on any atom is -0.479 e. The maximum atomic E-state index is 14.1. The predicted molar refractivity (Wildman–Crippen MR) is 143 cm³/mol. The van der Waals surface area contributed by atoms with Crippen LogP contribution in [0.5, 0.6) is 5.75 Å². The molecule has 0 aliphatic carbocycles. The zero-order chi connectivity index (χ0) is 26.4. The average Bonchev–Trinajstić information content (AvgIpc) is 2.88. The highest BCUT2D eigenvalue weighted by molar-refractivity contribution is 7.55. The summed E-state index contributed by atoms with van der Waals surface area (Å²) >= 11 is 0. The molecule has 4 aromatic carbocycles. The van der Waals surface area contributed by atoms with E-state index in [1.54, 1.807) is 50.2 Å². The third kappa shape index (κ3) is 5.67. The third-order valence-corrected chi connectivity index (χ3v) is 8.16. The molecule has 192 valence electrons. The highest BCUT2D eigenvalue weighted by Crippen LogP contribution is 2.62. The van der Waals surface area contributed by atoms with E-state index < -0.39 is 31.7 Å². The van der Waals surface area contributed by atoms with Gasteiger partial charge in [-0.2, -0.15) is 0 Å². The van der Waals surface area contributed by atoms with Gasteiger partial charge in [0.25, 0.3) is 0 Å². The van der Waals surface area contributed by atoms with E-state index in [0.29, 0.717) is 10.9 Å². The van der Waals surface area contributed by atoms with E-state index in [1.165, 1.54) is 0 Å². The molecule has 0 heterocycles. The van der Waals surface area contributed by atoms with Crippen molar-refractivity contribution in [2.45, 2.75) is 19.5 Å². The minimum absolute atomic E-state index is 0.0781. The predicted octanol–water partition coefficient (Wildman–Crippen LogP) is 6.40. The van der Waals surface area contributed by atoms with E-state index in [0.717, 1.165) is 16.2 Å². The van der Waals surface area contributed by atoms with E-state index in [1.807, 2.05) is 42.5 Å². The number of rotatable bonds is 11. The van der Waals surface area contributed by atoms with Gasteiger partial charge in [-0.3, -0.25) is 9.36 Å². The van der Waals surface area contributed by atoms with Crippen molar-refractivity contribution in [1.29, 1.82) is 0 Å². The van der Waals surface area contributed by atoms with Gasteiger partial charge in [0.05, 0.1) is 18.9 Å². The zero-order valence-corrected chi connectivity index (χ0v) is 21.4. The molecule has 9 heteroatoms. The van der Waals surface area contributed by atoms with Crippen LogP contribution in [0.4, 0.5) is 5.69 Å². The van der Waals surface area contributed by atoms with Crippen LogP contribution >= 0.6 is 7.60 Å². The Morgan fingerprint density at radius 3 is 2.08 bits per heavy atom. The van der Waals surface area contributed by atoms with Crippen LogP contribution in [0.1, 0.15) is 25.1 Å². The van der Waals surface area contributed by atoms with Crippen LogP contribution in [0.2, 0.25) is 0 Å². The van der Waals surface area contributed by atoms with Gasteiger partial charge in [0.1, 0.15) is 0 Å². The van der Waals surface area contributed by atoms with E-state index in [4.69, 9.17) is 13.8 Å². The molecule has 37 heavy (non-hydrogen) atoms. The van der Waals surface area contributed by atoms with E-state index >= 15 is 0 Å². The summed E-state index contributed by atoms with van der Waals surface area (Å²) in [4.78, 5) is 25.2. The molecule has 4 aromatic rings. The first-order valence-corrected chi connectivity index (χ1v) is 13.5. The second-order valence-corrected chi connectivity index (χ2v) is 10.3. The van der Waals surface area contributed by atoms with Crippen molar-refractivity contribution >= 4 is 46.7 Å². The van der Waals surface area contributed by atoms with Crippen molar-refractivity contribution in [3.05, 3.63) is 84.4 Å². The number of aliphatic carboxylic acids is 1. The molecule has 0 radical (unpaired) electrons. The van der Waals surface area contributed by atoms with Crippen molar-refractivity contribution < 1.29 is 33.0 Å². The largest absolute Gasteiger partial charge is 0.479 e. The summed E-state index contributed by atoms with van der Waals surface area (Å²) in [7, 11) is -3.99. The number of carboxylic acid groups (broad SMARTS) is 1. The summed E-state index contributed by atoms with van der Waals surface area (Å²) < 4.78 is 31.0. The Morgan fingerprint density at radius 1 is 0.838 bits per heavy atom. The molecule has 0 aliphatic heterocycles. The number of ether oxygens (including phenoxy) is 1. The standard InChI is InChI=1S/C28H28NO7P/c1-3-35-37(33,36-4-2)27(23-15-9-12-19-10-5-7-13-21(19)23)28(32)29-24-17-16-20-11-6-8-14-22(20)26(24)34-18-25(30)31/h5-17,27H,3-4,18H2,1-2H3,(H,29,32)(H,30,31). The quantitative estimate of drug-likeness (QED) is 0.220. The molecule has 2 N–H and O–H groups in total. The molecular formula is C28H28NO7P. The van der Waals surface area contributed by atoms with Crippen molar-refractivity contribution in [2.24, 2.45) is 0 Å². The fourth-order valence-electron chi connectivity index (χ4n) is 4.32. The topological polar surface area (TPSA) is 111 Å². The summed E-state index contributed by atoms with van der Waals surface area (Å²) in [5, 5.41) is 15.1. The van der Waals surface area contributed by atoms with Crippen LogP contribution in [-0.4, -0.2) is 36.8 Å². The van der Waals surface area contributed by atoms with Gasteiger partial charge in [0.2, 0.25) is 5.91 Å². The SMILES string of the molecule is CCOP(=O)(OCC)C(C(=O)Nc1ccc2ccccc2c1OCC(=O)O)c1cccc2ccccc12. The smallest absolute Gasteiger partial charge is 0.347 e. The number of hydrogen-bond donors (Lipinski definition) is 2. The van der Waals surface area contributed by atoms with Gasteiger partial charge < -0.3 is 24.2 Å². The van der Waals surface area contributed by atoms with Crippen molar-refractivity contribution in [3.8, 4) is 5.75 Å². The molecule has 1 unspecified atom stereocenters. The Hall–Kier alpha value is -3.71. The van der Waals surface area contributed by atoms with Gasteiger partial charge in [-0.15, -0.1) is 0 Å². The van der Waals surface area contributed by atoms with Gasteiger partial charge in [0, 0.05) is 5.39 Å². The highest BCUT2D eigenvalue weighted by atomic mass is 31.2. The van der Waals surface area contributed by atoms with Crippen LogP contribution in [0.25, 0.3) is 21.5 Å². The second-order valence-electron chi connectivity index (χ2n) is 8.18. The number of carbonyl (C=O) groups is 2. The number of amides is 1. The van der Waals surface area contributed by atoms with E-state index in [9.17, 15) is 19.3 Å². The summed E-state index contributed by atoms with van der Waals surface area (Å²) in [6, 6.07) is 23.6. The Bertz CT molecular complexity index is 1470. The molecule has 8 nitrogen and oxygen atoms in total. The number of fused-ring (bicyclic) bond motifs is 2. The summed E-state index contributed by atoms with van der Waals surface area (Å²) in [6.07, 6.45) is 0. The van der Waals surface area contributed by atoms with Gasteiger partial charge in [-0.05, 0) is 41.6 Å². The van der Waals surface area contributed by atoms with Gasteiger partial charge in [0.15, 0.2) is 18.0 Å². The Kier molecular flexibility index (Phi) is 8.24. The zero-order valence-electron chi connectivity index (χ0n) is 20.5. The maximum absolute atomic E-state index is 14.1. The number of nitrogens with one attached hydrogen (secondary N) is 1. The lowest BCUT2D eigenvalue weighted by atomic mass is 10.0. The van der Waals surface area contributed by atoms with Crippen LogP contribution in [-0.2, 0) is 23.2 Å². The molecule has 0 fully saturated rings. The Morgan fingerprint density at radius 2 is 1.43 bits per heavy atom. The fourth-order valence-corrected chi connectivity index (χ4v) is 6.33. The first kappa shape index (κ1) is 26.4. The van der Waals surface area contributed by atoms with Crippen LogP contribution < -0.4 is 10.1 Å². The van der Waals surface area contributed by atoms with Crippen molar-refractivity contribution in [1.82, 2.24) is 0 Å². The number of benzene rings is 4. The summed E-state index contributed by atoms with van der Waals surface area (Å²) in [5.74, 6) is -1.58. The molecule has 0 aromatic heterocycles. The lowest BCUT2D eigenvalue weighted by Crippen LogP contribution is -2.24. The van der Waals surface area contributed by atoms with Crippen LogP contribution in [0.3, 0.4) is 0 Å². The molecular weight excluding hydrogens is 493 g/mol. The van der Waals surface area contributed by atoms with E-state index in [-0.39, 0.29) is 24.7 Å². The van der Waals surface area contributed by atoms with Crippen molar-refractivity contribution in [3.63, 3.8) is 0 Å². The molecule has 0 saturated heterocycles. The van der Waals surface area contributed by atoms with E-state index in [2.05, 4.69) is 5.32 Å². The minimum atomic E-state index is -3.99. The van der Waals surface area contributed by atoms with Gasteiger partial charge >= 0.3 is 13.6 Å². The normalized spacial score (nSPS) is 12.4. The summed E-state index contributed by atoms with van der Waals surface area (Å²) in [6.45, 7) is 2.93. The molecule has 4 rings (SSSR count).